The molecular formula is C15H22ClN3O2. The van der Waals surface area contributed by atoms with Crippen LogP contribution in [-0.4, -0.2) is 54.3 Å². The lowest BCUT2D eigenvalue weighted by atomic mass is 10.1. The first-order valence-corrected chi connectivity index (χ1v) is 6.96. The molecule has 0 spiro atoms. The van der Waals surface area contributed by atoms with Crippen molar-refractivity contribution in [2.75, 3.05) is 32.7 Å². The van der Waals surface area contributed by atoms with Crippen LogP contribution >= 0.6 is 12.4 Å². The zero-order valence-corrected chi connectivity index (χ0v) is 13.0. The molecule has 2 rings (SSSR count). The molecule has 116 valence electrons. The second-order valence-electron chi connectivity index (χ2n) is 5.12. The average molecular weight is 312 g/mol. The summed E-state index contributed by atoms with van der Waals surface area (Å²) in [4.78, 5) is 27.9. The van der Waals surface area contributed by atoms with Crippen LogP contribution in [0.4, 0.5) is 0 Å². The van der Waals surface area contributed by atoms with Gasteiger partial charge in [0.05, 0.1) is 0 Å². The molecule has 1 saturated heterocycles. The molecule has 21 heavy (non-hydrogen) atoms. The first-order chi connectivity index (χ1) is 9.63. The lowest BCUT2D eigenvalue weighted by Gasteiger charge is -2.35. The lowest BCUT2D eigenvalue weighted by Crippen LogP contribution is -2.52. The van der Waals surface area contributed by atoms with Crippen LogP contribution in [0.2, 0.25) is 0 Å². The molecule has 2 N–H and O–H groups in total. The van der Waals surface area contributed by atoms with Gasteiger partial charge in [0.2, 0.25) is 5.91 Å². The van der Waals surface area contributed by atoms with E-state index < -0.39 is 0 Å². The van der Waals surface area contributed by atoms with Gasteiger partial charge in [0.1, 0.15) is 0 Å². The van der Waals surface area contributed by atoms with E-state index in [1.54, 1.807) is 9.80 Å². The Balaban J connectivity index is 0.00000220. The fourth-order valence-electron chi connectivity index (χ4n) is 2.31. The van der Waals surface area contributed by atoms with E-state index >= 15 is 0 Å². The van der Waals surface area contributed by atoms with Crippen LogP contribution in [0.25, 0.3) is 0 Å². The molecule has 1 aliphatic heterocycles. The molecule has 1 heterocycles. The molecule has 2 amide bonds. The second-order valence-corrected chi connectivity index (χ2v) is 5.12. The standard InChI is InChI=1S/C15H21N3O2.ClH/c1-12(11-16)14(19)17-7-9-18(10-8-17)15(20)13-5-3-2-4-6-13;/h2-6,12H,7-11,16H2,1H3;1H. The van der Waals surface area contributed by atoms with Crippen molar-refractivity contribution in [2.45, 2.75) is 6.92 Å². The molecule has 1 aromatic rings. The first-order valence-electron chi connectivity index (χ1n) is 6.96. The normalized spacial score (nSPS) is 16.1. The third-order valence-electron chi connectivity index (χ3n) is 3.67. The van der Waals surface area contributed by atoms with Crippen LogP contribution in [0.15, 0.2) is 30.3 Å². The van der Waals surface area contributed by atoms with Crippen molar-refractivity contribution >= 4 is 24.2 Å². The van der Waals surface area contributed by atoms with Gasteiger partial charge in [-0.15, -0.1) is 12.4 Å². The highest BCUT2D eigenvalue weighted by molar-refractivity contribution is 5.94. The molecule has 1 aromatic carbocycles. The van der Waals surface area contributed by atoms with Crippen molar-refractivity contribution in [2.24, 2.45) is 11.7 Å². The Kier molecular flexibility index (Phi) is 6.65. The van der Waals surface area contributed by atoms with Crippen LogP contribution in [-0.2, 0) is 4.79 Å². The summed E-state index contributed by atoms with van der Waals surface area (Å²) in [6, 6.07) is 9.24. The van der Waals surface area contributed by atoms with Gasteiger partial charge >= 0.3 is 0 Å². The summed E-state index contributed by atoms with van der Waals surface area (Å²) in [6.07, 6.45) is 0. The Morgan fingerprint density at radius 1 is 1.10 bits per heavy atom. The van der Waals surface area contributed by atoms with Crippen molar-refractivity contribution in [1.29, 1.82) is 0 Å². The van der Waals surface area contributed by atoms with Gasteiger partial charge in [-0.1, -0.05) is 25.1 Å². The highest BCUT2D eigenvalue weighted by Crippen LogP contribution is 2.10. The summed E-state index contributed by atoms with van der Waals surface area (Å²) >= 11 is 0. The SMILES string of the molecule is CC(CN)C(=O)N1CCN(C(=O)c2ccccc2)CC1.Cl. The first kappa shape index (κ1) is 17.5. The van der Waals surface area contributed by atoms with Crippen molar-refractivity contribution in [3.63, 3.8) is 0 Å². The van der Waals surface area contributed by atoms with Gasteiger partial charge in [-0.25, -0.2) is 0 Å². The Labute approximate surface area is 131 Å². The van der Waals surface area contributed by atoms with Gasteiger partial charge in [0, 0.05) is 44.2 Å². The van der Waals surface area contributed by atoms with Gasteiger partial charge in [0.25, 0.3) is 5.91 Å². The number of rotatable bonds is 3. The van der Waals surface area contributed by atoms with E-state index in [-0.39, 0.29) is 30.1 Å². The Morgan fingerprint density at radius 3 is 2.14 bits per heavy atom. The lowest BCUT2D eigenvalue weighted by molar-refractivity contribution is -0.136. The summed E-state index contributed by atoms with van der Waals surface area (Å²) in [5, 5.41) is 0. The van der Waals surface area contributed by atoms with Gasteiger partial charge in [-0.3, -0.25) is 9.59 Å². The van der Waals surface area contributed by atoms with E-state index in [1.807, 2.05) is 37.3 Å². The number of nitrogens with two attached hydrogens (primary N) is 1. The zero-order chi connectivity index (χ0) is 14.5. The smallest absolute Gasteiger partial charge is 0.253 e. The summed E-state index contributed by atoms with van der Waals surface area (Å²) in [5.74, 6) is -0.0322. The maximum absolute atomic E-state index is 12.3. The van der Waals surface area contributed by atoms with Crippen LogP contribution < -0.4 is 5.73 Å². The minimum Gasteiger partial charge on any atom is -0.339 e. The Bertz CT molecular complexity index is 473. The van der Waals surface area contributed by atoms with Crippen molar-refractivity contribution in [3.05, 3.63) is 35.9 Å². The molecular weight excluding hydrogens is 290 g/mol. The fourth-order valence-corrected chi connectivity index (χ4v) is 2.31. The number of hydrogen-bond donors (Lipinski definition) is 1. The van der Waals surface area contributed by atoms with Crippen molar-refractivity contribution in [3.8, 4) is 0 Å². The second kappa shape index (κ2) is 8.00. The van der Waals surface area contributed by atoms with Crippen LogP contribution in [0, 0.1) is 5.92 Å². The number of piperazine rings is 1. The third kappa shape index (κ3) is 4.19. The molecule has 0 radical (unpaired) electrons. The number of amides is 2. The summed E-state index contributed by atoms with van der Waals surface area (Å²) in [6.45, 7) is 4.53. The maximum Gasteiger partial charge on any atom is 0.253 e. The number of benzene rings is 1. The highest BCUT2D eigenvalue weighted by atomic mass is 35.5. The maximum atomic E-state index is 12.3. The zero-order valence-electron chi connectivity index (χ0n) is 12.2. The van der Waals surface area contributed by atoms with Crippen molar-refractivity contribution < 1.29 is 9.59 Å². The van der Waals surface area contributed by atoms with Gasteiger partial charge < -0.3 is 15.5 Å². The van der Waals surface area contributed by atoms with E-state index in [1.165, 1.54) is 0 Å². The van der Waals surface area contributed by atoms with Gasteiger partial charge in [-0.2, -0.15) is 0 Å². The Hall–Kier alpha value is -1.59. The van der Waals surface area contributed by atoms with Gasteiger partial charge in [0.15, 0.2) is 0 Å². The van der Waals surface area contributed by atoms with Crippen LogP contribution in [0.3, 0.4) is 0 Å². The fraction of sp³-hybridized carbons (Fsp3) is 0.467. The Morgan fingerprint density at radius 2 is 1.62 bits per heavy atom. The molecule has 0 aliphatic carbocycles. The van der Waals surface area contributed by atoms with E-state index in [0.717, 1.165) is 0 Å². The molecule has 0 aromatic heterocycles. The predicted molar refractivity (Wildman–Crippen MR) is 84.4 cm³/mol. The minimum absolute atomic E-state index is 0. The number of carbonyl (C=O) groups excluding carboxylic acids is 2. The molecule has 1 aliphatic rings. The number of carbonyl (C=O) groups is 2. The molecule has 1 unspecified atom stereocenters. The molecule has 1 fully saturated rings. The molecule has 6 heteroatoms. The molecule has 0 bridgehead atoms. The van der Waals surface area contributed by atoms with Gasteiger partial charge in [-0.05, 0) is 12.1 Å². The van der Waals surface area contributed by atoms with E-state index in [4.69, 9.17) is 5.73 Å². The van der Waals surface area contributed by atoms with Crippen molar-refractivity contribution in [1.82, 2.24) is 9.80 Å². The molecule has 0 saturated carbocycles. The number of hydrogen-bond acceptors (Lipinski definition) is 3. The van der Waals surface area contributed by atoms with E-state index in [9.17, 15) is 9.59 Å². The predicted octanol–water partition coefficient (Wildman–Crippen LogP) is 0.988. The number of nitrogens with zero attached hydrogens (tertiary/aromatic N) is 2. The summed E-state index contributed by atoms with van der Waals surface area (Å²) in [7, 11) is 0. The summed E-state index contributed by atoms with van der Waals surface area (Å²) in [5.41, 5.74) is 6.22. The van der Waals surface area contributed by atoms with Crippen LogP contribution in [0.5, 0.6) is 0 Å². The topological polar surface area (TPSA) is 66.6 Å². The average Bonchev–Trinajstić information content (AvgIpc) is 2.53. The quantitative estimate of drug-likeness (QED) is 0.905. The third-order valence-corrected chi connectivity index (χ3v) is 3.67. The molecule has 5 nitrogen and oxygen atoms in total. The monoisotopic (exact) mass is 311 g/mol. The van der Waals surface area contributed by atoms with E-state index in [0.29, 0.717) is 38.3 Å². The highest BCUT2D eigenvalue weighted by Gasteiger charge is 2.26. The molecule has 1 atom stereocenters. The minimum atomic E-state index is -0.147. The summed E-state index contributed by atoms with van der Waals surface area (Å²) < 4.78 is 0. The number of halogens is 1. The largest absolute Gasteiger partial charge is 0.339 e. The van der Waals surface area contributed by atoms with Crippen LogP contribution in [0.1, 0.15) is 17.3 Å². The van der Waals surface area contributed by atoms with E-state index in [2.05, 4.69) is 0 Å².